The number of anilines is 2. The van der Waals surface area contributed by atoms with Crippen LogP contribution in [0.1, 0.15) is 5.56 Å². The molecule has 0 unspecified atom stereocenters. The third-order valence-electron chi connectivity index (χ3n) is 1.94. The van der Waals surface area contributed by atoms with Gasteiger partial charge in [-0.15, -0.1) is 0 Å². The van der Waals surface area contributed by atoms with Crippen molar-refractivity contribution in [3.8, 4) is 0 Å². The Labute approximate surface area is 87.4 Å². The Balaban J connectivity index is 2.03. The molecule has 0 aromatic carbocycles. The first-order chi connectivity index (χ1) is 7.36. The highest BCUT2D eigenvalue weighted by Gasteiger charge is 1.99. The topological polar surface area (TPSA) is 76.7 Å². The number of hydrogen-bond donors (Lipinski definition) is 2. The highest BCUT2D eigenvalue weighted by molar-refractivity contribution is 5.55. The van der Waals surface area contributed by atoms with Crippen molar-refractivity contribution in [3.05, 3.63) is 42.5 Å². The summed E-state index contributed by atoms with van der Waals surface area (Å²) in [5.41, 5.74) is 6.76. The number of pyridine rings is 1. The molecule has 2 aromatic rings. The van der Waals surface area contributed by atoms with Crippen molar-refractivity contribution in [2.75, 3.05) is 11.1 Å². The molecule has 0 amide bonds. The van der Waals surface area contributed by atoms with Crippen LogP contribution in [0.3, 0.4) is 0 Å². The van der Waals surface area contributed by atoms with Gasteiger partial charge in [0.25, 0.3) is 0 Å². The number of aromatic nitrogens is 3. The molecule has 76 valence electrons. The maximum atomic E-state index is 5.64. The summed E-state index contributed by atoms with van der Waals surface area (Å²) < 4.78 is 0. The van der Waals surface area contributed by atoms with Crippen molar-refractivity contribution in [2.45, 2.75) is 6.54 Å². The normalized spacial score (nSPS) is 9.87. The van der Waals surface area contributed by atoms with Gasteiger partial charge in [0.1, 0.15) is 0 Å². The fourth-order valence-electron chi connectivity index (χ4n) is 1.17. The minimum absolute atomic E-state index is 0.409. The van der Waals surface area contributed by atoms with Gasteiger partial charge in [0.05, 0.1) is 0 Å². The SMILES string of the molecule is Nc1nccnc1NCc1ccncc1. The summed E-state index contributed by atoms with van der Waals surface area (Å²) in [5.74, 6) is 1.01. The van der Waals surface area contributed by atoms with Crippen LogP contribution in [-0.2, 0) is 6.54 Å². The van der Waals surface area contributed by atoms with Gasteiger partial charge in [0.2, 0.25) is 0 Å². The van der Waals surface area contributed by atoms with E-state index in [1.807, 2.05) is 12.1 Å². The molecule has 0 radical (unpaired) electrons. The summed E-state index contributed by atoms with van der Waals surface area (Å²) in [6.45, 7) is 0.658. The first kappa shape index (κ1) is 9.39. The Morgan fingerprint density at radius 2 is 1.80 bits per heavy atom. The Hall–Kier alpha value is -2.17. The largest absolute Gasteiger partial charge is 0.381 e. The van der Waals surface area contributed by atoms with Crippen LogP contribution in [-0.4, -0.2) is 15.0 Å². The van der Waals surface area contributed by atoms with Crippen LogP contribution in [0.15, 0.2) is 36.9 Å². The molecule has 3 N–H and O–H groups in total. The van der Waals surface area contributed by atoms with Gasteiger partial charge in [-0.3, -0.25) is 4.98 Å². The van der Waals surface area contributed by atoms with Crippen molar-refractivity contribution >= 4 is 11.6 Å². The maximum Gasteiger partial charge on any atom is 0.169 e. The fraction of sp³-hybridized carbons (Fsp3) is 0.100. The maximum absolute atomic E-state index is 5.64. The van der Waals surface area contributed by atoms with Gasteiger partial charge in [-0.2, -0.15) is 0 Å². The van der Waals surface area contributed by atoms with Crippen molar-refractivity contribution in [1.82, 2.24) is 15.0 Å². The summed E-state index contributed by atoms with van der Waals surface area (Å²) in [5, 5.41) is 3.10. The van der Waals surface area contributed by atoms with Crippen molar-refractivity contribution < 1.29 is 0 Å². The Bertz CT molecular complexity index is 429. The molecule has 2 rings (SSSR count). The van der Waals surface area contributed by atoms with Gasteiger partial charge in [0, 0.05) is 31.3 Å². The second kappa shape index (κ2) is 4.36. The van der Waals surface area contributed by atoms with E-state index in [2.05, 4.69) is 20.3 Å². The molecule has 0 fully saturated rings. The predicted molar refractivity (Wildman–Crippen MR) is 58.0 cm³/mol. The molecular formula is C10H11N5. The van der Waals surface area contributed by atoms with E-state index in [9.17, 15) is 0 Å². The molecule has 0 atom stereocenters. The van der Waals surface area contributed by atoms with E-state index in [4.69, 9.17) is 5.73 Å². The highest BCUT2D eigenvalue weighted by Crippen LogP contribution is 2.10. The zero-order valence-corrected chi connectivity index (χ0v) is 8.09. The number of nitrogen functional groups attached to an aromatic ring is 1. The van der Waals surface area contributed by atoms with Gasteiger partial charge >= 0.3 is 0 Å². The molecule has 0 saturated heterocycles. The third kappa shape index (κ3) is 2.40. The van der Waals surface area contributed by atoms with E-state index in [-0.39, 0.29) is 0 Å². The lowest BCUT2D eigenvalue weighted by Crippen LogP contribution is -2.05. The van der Waals surface area contributed by atoms with Gasteiger partial charge in [-0.05, 0) is 17.7 Å². The molecule has 0 aliphatic heterocycles. The molecule has 5 nitrogen and oxygen atoms in total. The number of nitrogens with one attached hydrogen (secondary N) is 1. The van der Waals surface area contributed by atoms with Crippen LogP contribution in [0.2, 0.25) is 0 Å². The second-order valence-electron chi connectivity index (χ2n) is 3.00. The van der Waals surface area contributed by atoms with E-state index in [1.54, 1.807) is 24.8 Å². The number of nitrogens with two attached hydrogens (primary N) is 1. The summed E-state index contributed by atoms with van der Waals surface area (Å²) in [4.78, 5) is 11.9. The average Bonchev–Trinajstić information content (AvgIpc) is 2.29. The molecule has 0 saturated carbocycles. The highest BCUT2D eigenvalue weighted by atomic mass is 15.0. The van der Waals surface area contributed by atoms with Crippen molar-refractivity contribution in [3.63, 3.8) is 0 Å². The average molecular weight is 201 g/mol. The Morgan fingerprint density at radius 3 is 2.53 bits per heavy atom. The molecule has 0 aliphatic rings. The van der Waals surface area contributed by atoms with Gasteiger partial charge in [-0.1, -0.05) is 0 Å². The molecule has 0 bridgehead atoms. The fourth-order valence-corrected chi connectivity index (χ4v) is 1.17. The molecule has 2 heterocycles. The lowest BCUT2D eigenvalue weighted by molar-refractivity contribution is 1.08. The monoisotopic (exact) mass is 201 g/mol. The van der Waals surface area contributed by atoms with E-state index >= 15 is 0 Å². The smallest absolute Gasteiger partial charge is 0.169 e. The number of rotatable bonds is 3. The van der Waals surface area contributed by atoms with Crippen LogP contribution in [0, 0.1) is 0 Å². The standard InChI is InChI=1S/C10H11N5/c11-9-10(14-6-5-13-9)15-7-8-1-3-12-4-2-8/h1-6H,7H2,(H2,11,13)(H,14,15). The van der Waals surface area contributed by atoms with Crippen LogP contribution < -0.4 is 11.1 Å². The third-order valence-corrected chi connectivity index (χ3v) is 1.94. The number of nitrogens with zero attached hydrogens (tertiary/aromatic N) is 3. The quantitative estimate of drug-likeness (QED) is 0.776. The van der Waals surface area contributed by atoms with Crippen molar-refractivity contribution in [2.24, 2.45) is 0 Å². The number of hydrogen-bond acceptors (Lipinski definition) is 5. The van der Waals surface area contributed by atoms with E-state index < -0.39 is 0 Å². The summed E-state index contributed by atoms with van der Waals surface area (Å²) in [7, 11) is 0. The minimum Gasteiger partial charge on any atom is -0.381 e. The summed E-state index contributed by atoms with van der Waals surface area (Å²) >= 11 is 0. The Morgan fingerprint density at radius 1 is 1.07 bits per heavy atom. The van der Waals surface area contributed by atoms with Gasteiger partial charge < -0.3 is 11.1 Å². The molecule has 5 heteroatoms. The Kier molecular flexibility index (Phi) is 2.73. The van der Waals surface area contributed by atoms with Crippen LogP contribution in [0.5, 0.6) is 0 Å². The van der Waals surface area contributed by atoms with E-state index in [0.29, 0.717) is 18.2 Å². The molecule has 2 aromatic heterocycles. The van der Waals surface area contributed by atoms with E-state index in [0.717, 1.165) is 5.56 Å². The molecule has 15 heavy (non-hydrogen) atoms. The van der Waals surface area contributed by atoms with E-state index in [1.165, 1.54) is 0 Å². The minimum atomic E-state index is 0.409. The van der Waals surface area contributed by atoms with Crippen LogP contribution in [0.4, 0.5) is 11.6 Å². The second-order valence-corrected chi connectivity index (χ2v) is 3.00. The summed E-state index contributed by atoms with van der Waals surface area (Å²) in [6.07, 6.45) is 6.66. The molecule has 0 spiro atoms. The first-order valence-corrected chi connectivity index (χ1v) is 4.55. The lowest BCUT2D eigenvalue weighted by Gasteiger charge is -2.06. The lowest BCUT2D eigenvalue weighted by atomic mass is 10.3. The summed E-state index contributed by atoms with van der Waals surface area (Å²) in [6, 6.07) is 3.86. The molecule has 0 aliphatic carbocycles. The zero-order valence-electron chi connectivity index (χ0n) is 8.09. The first-order valence-electron chi connectivity index (χ1n) is 4.55. The van der Waals surface area contributed by atoms with Gasteiger partial charge in [0.15, 0.2) is 11.6 Å². The van der Waals surface area contributed by atoms with Gasteiger partial charge in [-0.25, -0.2) is 9.97 Å². The zero-order chi connectivity index (χ0) is 10.5. The predicted octanol–water partition coefficient (Wildman–Crippen LogP) is 1.07. The van der Waals surface area contributed by atoms with Crippen LogP contribution in [0.25, 0.3) is 0 Å². The van der Waals surface area contributed by atoms with Crippen LogP contribution >= 0.6 is 0 Å². The van der Waals surface area contributed by atoms with Crippen molar-refractivity contribution in [1.29, 1.82) is 0 Å². The molecular weight excluding hydrogens is 190 g/mol.